The van der Waals surface area contributed by atoms with Gasteiger partial charge in [0.25, 0.3) is 23.6 Å². The van der Waals surface area contributed by atoms with Gasteiger partial charge in [-0.15, -0.1) is 24.8 Å². The van der Waals surface area contributed by atoms with E-state index in [2.05, 4.69) is 82.0 Å². The number of piperazine rings is 2. The number of amides is 4. The summed E-state index contributed by atoms with van der Waals surface area (Å²) >= 11 is 0. The lowest BCUT2D eigenvalue weighted by Gasteiger charge is -2.37. The second-order valence-electron chi connectivity index (χ2n) is 18.0. The molecule has 15 heteroatoms. The van der Waals surface area contributed by atoms with Crippen LogP contribution in [0.1, 0.15) is 101 Å². The molecule has 340 valence electrons. The van der Waals surface area contributed by atoms with E-state index in [0.29, 0.717) is 38.9 Å². The van der Waals surface area contributed by atoms with Crippen LogP contribution < -0.4 is 9.80 Å². The Kier molecular flexibility index (Phi) is 19.3. The summed E-state index contributed by atoms with van der Waals surface area (Å²) in [7, 11) is 0. The van der Waals surface area contributed by atoms with Gasteiger partial charge < -0.3 is 15.3 Å². The van der Waals surface area contributed by atoms with E-state index in [-0.39, 0.29) is 64.7 Å². The SMILES string of the molecule is Cc1cccc(N2CCN(CCCON3C(=O)CC4(CCCC4)CC3=O)CC2)c1.Cc1cccc(N2CCN(CCCON3C(=O)CC4(CCCC4)CC3=O)CC2)c1.Cl.Cl.O. The Hall–Kier alpha value is -3.30. The van der Waals surface area contributed by atoms with Crippen molar-refractivity contribution in [2.75, 3.05) is 88.5 Å². The van der Waals surface area contributed by atoms with Crippen LogP contribution in [0, 0.1) is 24.7 Å². The van der Waals surface area contributed by atoms with Crippen molar-refractivity contribution < 1.29 is 34.3 Å². The molecule has 61 heavy (non-hydrogen) atoms. The number of carbonyl (C=O) groups is 4. The molecule has 2 N–H and O–H groups in total. The molecule has 4 aliphatic heterocycles. The molecule has 4 heterocycles. The summed E-state index contributed by atoms with van der Waals surface area (Å²) in [6.45, 7) is 15.2. The molecule has 6 fully saturated rings. The van der Waals surface area contributed by atoms with Crippen LogP contribution in [0.3, 0.4) is 0 Å². The highest BCUT2D eigenvalue weighted by Gasteiger charge is 2.47. The molecule has 0 atom stereocenters. The van der Waals surface area contributed by atoms with E-state index in [1.165, 1.54) is 22.5 Å². The van der Waals surface area contributed by atoms with E-state index < -0.39 is 0 Å². The average molecular weight is 890 g/mol. The van der Waals surface area contributed by atoms with Gasteiger partial charge in [0.15, 0.2) is 0 Å². The highest BCUT2D eigenvalue weighted by molar-refractivity contribution is 5.98. The molecule has 0 unspecified atom stereocenters. The standard InChI is InChI=1S/2C23H33N3O3.2ClH.H2O/c2*1-19-6-4-7-20(16-19)25-13-11-24(12-14-25)10-5-15-29-26-21(27)17-23(18-22(26)28)8-2-3-9-23;;;/h2*4,6-7,16H,2-3,5,8-15,17-18H2,1H3;2*1H;1H2. The number of aryl methyl sites for hydroxylation is 2. The van der Waals surface area contributed by atoms with Crippen molar-refractivity contribution >= 4 is 59.8 Å². The van der Waals surface area contributed by atoms with E-state index in [4.69, 9.17) is 9.68 Å². The first-order valence-electron chi connectivity index (χ1n) is 22.1. The van der Waals surface area contributed by atoms with Crippen LogP contribution in [0.25, 0.3) is 0 Å². The zero-order valence-electron chi connectivity index (χ0n) is 36.5. The molecule has 4 amide bonds. The Morgan fingerprint density at radius 2 is 0.836 bits per heavy atom. The number of hydrogen-bond donors (Lipinski definition) is 0. The van der Waals surface area contributed by atoms with Gasteiger partial charge in [-0.3, -0.25) is 38.7 Å². The molecular formula is C46H70Cl2N6O7. The third-order valence-corrected chi connectivity index (χ3v) is 13.5. The number of rotatable bonds is 12. The second kappa shape index (κ2) is 23.4. The topological polar surface area (TPSA) is 138 Å². The van der Waals surface area contributed by atoms with Crippen LogP contribution in [-0.2, 0) is 28.9 Å². The summed E-state index contributed by atoms with van der Waals surface area (Å²) in [5, 5.41) is 2.11. The van der Waals surface area contributed by atoms with Crippen molar-refractivity contribution in [1.82, 2.24) is 19.9 Å². The van der Waals surface area contributed by atoms with Crippen LogP contribution in [0.15, 0.2) is 48.5 Å². The van der Waals surface area contributed by atoms with Crippen molar-refractivity contribution in [2.24, 2.45) is 10.8 Å². The molecule has 0 bridgehead atoms. The van der Waals surface area contributed by atoms with Gasteiger partial charge in [-0.2, -0.15) is 10.1 Å². The number of halogens is 2. The van der Waals surface area contributed by atoms with Crippen molar-refractivity contribution in [1.29, 1.82) is 0 Å². The Bertz CT molecular complexity index is 1570. The monoisotopic (exact) mass is 888 g/mol. The third kappa shape index (κ3) is 13.4. The first kappa shape index (κ1) is 50.3. The molecule has 0 aromatic heterocycles. The number of nitrogens with zero attached hydrogens (tertiary/aromatic N) is 6. The molecule has 2 aromatic carbocycles. The number of carbonyl (C=O) groups excluding carboxylic acids is 4. The van der Waals surface area contributed by atoms with E-state index in [1.807, 2.05) is 0 Å². The van der Waals surface area contributed by atoms with Gasteiger partial charge in [-0.1, -0.05) is 49.9 Å². The lowest BCUT2D eigenvalue weighted by atomic mass is 9.77. The van der Waals surface area contributed by atoms with Crippen molar-refractivity contribution in [3.05, 3.63) is 59.7 Å². The van der Waals surface area contributed by atoms with Crippen molar-refractivity contribution in [3.8, 4) is 0 Å². The largest absolute Gasteiger partial charge is 0.412 e. The van der Waals surface area contributed by atoms with Crippen LogP contribution >= 0.6 is 24.8 Å². The second-order valence-corrected chi connectivity index (χ2v) is 18.0. The highest BCUT2D eigenvalue weighted by atomic mass is 35.5. The minimum absolute atomic E-state index is 0. The zero-order chi connectivity index (χ0) is 40.5. The predicted octanol–water partition coefficient (Wildman–Crippen LogP) is 6.32. The quantitative estimate of drug-likeness (QED) is 0.176. The summed E-state index contributed by atoms with van der Waals surface area (Å²) in [5.41, 5.74) is 5.06. The molecular weight excluding hydrogens is 819 g/mol. The fraction of sp³-hybridized carbons (Fsp3) is 0.652. The lowest BCUT2D eigenvalue weighted by molar-refractivity contribution is -0.206. The highest BCUT2D eigenvalue weighted by Crippen LogP contribution is 2.48. The molecule has 8 rings (SSSR count). The van der Waals surface area contributed by atoms with Gasteiger partial charge >= 0.3 is 0 Å². The number of hydrogen-bond acceptors (Lipinski definition) is 10. The molecule has 4 saturated heterocycles. The Balaban J connectivity index is 0.000000256. The van der Waals surface area contributed by atoms with Crippen LogP contribution in [0.4, 0.5) is 11.4 Å². The smallest absolute Gasteiger partial charge is 0.254 e. The van der Waals surface area contributed by atoms with Crippen LogP contribution in [0.5, 0.6) is 0 Å². The molecule has 2 aliphatic carbocycles. The van der Waals surface area contributed by atoms with Gasteiger partial charge in [0, 0.05) is 103 Å². The summed E-state index contributed by atoms with van der Waals surface area (Å²) in [4.78, 5) is 70.6. The van der Waals surface area contributed by atoms with Crippen LogP contribution in [0.2, 0.25) is 0 Å². The maximum absolute atomic E-state index is 12.4. The molecule has 2 saturated carbocycles. The summed E-state index contributed by atoms with van der Waals surface area (Å²) in [6.07, 6.45) is 12.1. The lowest BCUT2D eigenvalue weighted by Crippen LogP contribution is -2.48. The first-order valence-corrected chi connectivity index (χ1v) is 22.1. The molecule has 2 aromatic rings. The predicted molar refractivity (Wildman–Crippen MR) is 243 cm³/mol. The van der Waals surface area contributed by atoms with Gasteiger partial charge in [0.2, 0.25) is 0 Å². The zero-order valence-corrected chi connectivity index (χ0v) is 38.1. The number of hydroxylamine groups is 4. The van der Waals surface area contributed by atoms with Gasteiger partial charge in [0.1, 0.15) is 0 Å². The summed E-state index contributed by atoms with van der Waals surface area (Å²) in [6, 6.07) is 17.3. The van der Waals surface area contributed by atoms with Crippen molar-refractivity contribution in [2.45, 2.75) is 104 Å². The Labute approximate surface area is 375 Å². The number of piperidine rings is 2. The number of imide groups is 2. The van der Waals surface area contributed by atoms with E-state index in [9.17, 15) is 19.2 Å². The van der Waals surface area contributed by atoms with E-state index in [0.717, 1.165) is 140 Å². The Morgan fingerprint density at radius 1 is 0.508 bits per heavy atom. The van der Waals surface area contributed by atoms with Gasteiger partial charge in [-0.05, 0) is 98.6 Å². The van der Waals surface area contributed by atoms with Gasteiger partial charge in [0.05, 0.1) is 13.2 Å². The summed E-state index contributed by atoms with van der Waals surface area (Å²) in [5.74, 6) is -0.574. The summed E-state index contributed by atoms with van der Waals surface area (Å²) < 4.78 is 0. The first-order chi connectivity index (χ1) is 28.1. The number of benzene rings is 2. The van der Waals surface area contributed by atoms with Crippen molar-refractivity contribution in [3.63, 3.8) is 0 Å². The molecule has 2 spiro atoms. The van der Waals surface area contributed by atoms with E-state index in [1.54, 1.807) is 0 Å². The number of anilines is 2. The molecule has 13 nitrogen and oxygen atoms in total. The fourth-order valence-corrected chi connectivity index (χ4v) is 10.2. The molecule has 0 radical (unpaired) electrons. The minimum atomic E-state index is -0.144. The minimum Gasteiger partial charge on any atom is -0.412 e. The third-order valence-electron chi connectivity index (χ3n) is 13.5. The Morgan fingerprint density at radius 3 is 1.15 bits per heavy atom. The molecule has 6 aliphatic rings. The maximum atomic E-state index is 12.4. The average Bonchev–Trinajstić information content (AvgIpc) is 3.86. The van der Waals surface area contributed by atoms with E-state index >= 15 is 0 Å². The van der Waals surface area contributed by atoms with Gasteiger partial charge in [-0.25, -0.2) is 0 Å². The fourth-order valence-electron chi connectivity index (χ4n) is 10.2. The van der Waals surface area contributed by atoms with Crippen LogP contribution in [-0.4, -0.2) is 128 Å². The normalized spacial score (nSPS) is 21.5. The maximum Gasteiger partial charge on any atom is 0.254 e.